The lowest BCUT2D eigenvalue weighted by atomic mass is 10.4. The Hall–Kier alpha value is -1.03. The first-order chi connectivity index (χ1) is 5.34. The molecule has 1 aromatic rings. The number of hydrogen-bond donors (Lipinski definition) is 1. The second kappa shape index (κ2) is 3.98. The van der Waals surface area contributed by atoms with Gasteiger partial charge in [-0.1, -0.05) is 12.2 Å². The number of nitrogens with zero attached hydrogens (tertiary/aromatic N) is 2. The predicted octanol–water partition coefficient (Wildman–Crippen LogP) is 0.762. The highest BCUT2D eigenvalue weighted by Gasteiger charge is 1.97. The maximum absolute atomic E-state index is 5.01. The Labute approximate surface area is 70.9 Å². The number of aromatic nitrogens is 2. The van der Waals surface area contributed by atoms with Crippen molar-refractivity contribution in [2.75, 3.05) is 6.54 Å². The summed E-state index contributed by atoms with van der Waals surface area (Å²) in [5, 5.41) is 2.99. The van der Waals surface area contributed by atoms with E-state index in [1.54, 1.807) is 18.6 Å². The second-order valence-corrected chi connectivity index (χ2v) is 2.36. The maximum Gasteiger partial charge on any atom is 0.126 e. The van der Waals surface area contributed by atoms with Crippen molar-refractivity contribution in [3.05, 3.63) is 24.3 Å². The molecule has 1 aromatic heterocycles. The van der Waals surface area contributed by atoms with Crippen LogP contribution in [0.3, 0.4) is 0 Å². The third-order valence-corrected chi connectivity index (χ3v) is 1.49. The van der Waals surface area contributed by atoms with Gasteiger partial charge in [0.1, 0.15) is 10.7 Å². The molecule has 0 atom stereocenters. The number of nitrogens with one attached hydrogen (secondary N) is 1. The van der Waals surface area contributed by atoms with E-state index >= 15 is 0 Å². The van der Waals surface area contributed by atoms with E-state index in [4.69, 9.17) is 12.2 Å². The van der Waals surface area contributed by atoms with Gasteiger partial charge in [0.2, 0.25) is 0 Å². The van der Waals surface area contributed by atoms with Gasteiger partial charge < -0.3 is 5.32 Å². The highest BCUT2D eigenvalue weighted by Crippen LogP contribution is 1.90. The monoisotopic (exact) mass is 167 g/mol. The molecule has 0 aliphatic rings. The summed E-state index contributed by atoms with van der Waals surface area (Å²) in [4.78, 5) is 8.58. The zero-order chi connectivity index (χ0) is 8.10. The lowest BCUT2D eigenvalue weighted by Gasteiger charge is -2.01. The Morgan fingerprint density at radius 2 is 2.45 bits per heavy atom. The van der Waals surface area contributed by atoms with E-state index in [1.165, 1.54) is 0 Å². The van der Waals surface area contributed by atoms with Crippen LogP contribution >= 0.6 is 12.2 Å². The van der Waals surface area contributed by atoms with Crippen LogP contribution in [0.25, 0.3) is 0 Å². The first-order valence-corrected chi connectivity index (χ1v) is 3.79. The molecular formula is C7H9N3S. The van der Waals surface area contributed by atoms with Crippen molar-refractivity contribution in [2.24, 2.45) is 0 Å². The van der Waals surface area contributed by atoms with E-state index < -0.39 is 0 Å². The van der Waals surface area contributed by atoms with Crippen molar-refractivity contribution < 1.29 is 0 Å². The van der Waals surface area contributed by atoms with Crippen LogP contribution < -0.4 is 5.32 Å². The third kappa shape index (κ3) is 2.23. The quantitative estimate of drug-likeness (QED) is 0.660. The fraction of sp³-hybridized carbons (Fsp3) is 0.286. The lowest BCUT2D eigenvalue weighted by molar-refractivity contribution is 0.973. The Morgan fingerprint density at radius 3 is 3.00 bits per heavy atom. The minimum absolute atomic E-state index is 0.653. The molecule has 1 rings (SSSR count). The van der Waals surface area contributed by atoms with Crippen LogP contribution in [-0.2, 0) is 0 Å². The summed E-state index contributed by atoms with van der Waals surface area (Å²) in [6.07, 6.45) is 4.89. The van der Waals surface area contributed by atoms with Gasteiger partial charge in [0.15, 0.2) is 0 Å². The zero-order valence-corrected chi connectivity index (χ0v) is 7.06. The molecule has 4 heteroatoms. The Kier molecular flexibility index (Phi) is 2.92. The summed E-state index contributed by atoms with van der Waals surface area (Å²) in [7, 11) is 0. The van der Waals surface area contributed by atoms with Crippen LogP contribution in [0.4, 0.5) is 0 Å². The molecule has 0 aliphatic carbocycles. The van der Waals surface area contributed by atoms with Crippen molar-refractivity contribution in [1.82, 2.24) is 15.3 Å². The fourth-order valence-electron chi connectivity index (χ4n) is 0.667. The van der Waals surface area contributed by atoms with Gasteiger partial charge in [-0.25, -0.2) is 0 Å². The molecule has 0 bridgehead atoms. The fourth-order valence-corrected chi connectivity index (χ4v) is 0.917. The van der Waals surface area contributed by atoms with Crippen LogP contribution in [-0.4, -0.2) is 21.5 Å². The summed E-state index contributed by atoms with van der Waals surface area (Å²) < 4.78 is 0. The normalized spacial score (nSPS) is 9.18. The van der Waals surface area contributed by atoms with Gasteiger partial charge in [-0.3, -0.25) is 9.97 Å². The molecule has 0 radical (unpaired) electrons. The first kappa shape index (κ1) is 8.07. The largest absolute Gasteiger partial charge is 0.375 e. The van der Waals surface area contributed by atoms with Crippen molar-refractivity contribution in [3.8, 4) is 0 Å². The molecule has 0 unspecified atom stereocenters. The smallest absolute Gasteiger partial charge is 0.126 e. The molecule has 0 saturated carbocycles. The van der Waals surface area contributed by atoms with Gasteiger partial charge in [0, 0.05) is 18.9 Å². The molecule has 1 N–H and O–H groups in total. The SMILES string of the molecule is CCNC(=S)c1cnccn1. The molecule has 0 aromatic carbocycles. The molecule has 0 amide bonds. The summed E-state index contributed by atoms with van der Waals surface area (Å²) in [6, 6.07) is 0. The van der Waals surface area contributed by atoms with E-state index in [2.05, 4.69) is 15.3 Å². The van der Waals surface area contributed by atoms with Crippen molar-refractivity contribution in [3.63, 3.8) is 0 Å². The number of thiocarbonyl (C=S) groups is 1. The Morgan fingerprint density at radius 1 is 1.64 bits per heavy atom. The van der Waals surface area contributed by atoms with Crippen LogP contribution in [0, 0.1) is 0 Å². The van der Waals surface area contributed by atoms with Crippen molar-refractivity contribution in [1.29, 1.82) is 0 Å². The molecule has 58 valence electrons. The van der Waals surface area contributed by atoms with Crippen molar-refractivity contribution >= 4 is 17.2 Å². The van der Waals surface area contributed by atoms with E-state index in [-0.39, 0.29) is 0 Å². The van der Waals surface area contributed by atoms with E-state index in [9.17, 15) is 0 Å². The molecule has 0 spiro atoms. The third-order valence-electron chi connectivity index (χ3n) is 1.13. The van der Waals surface area contributed by atoms with Crippen LogP contribution in [0.5, 0.6) is 0 Å². The van der Waals surface area contributed by atoms with Gasteiger partial charge in [-0.2, -0.15) is 0 Å². The molecule has 0 aliphatic heterocycles. The highest BCUT2D eigenvalue weighted by molar-refractivity contribution is 7.80. The molecule has 3 nitrogen and oxygen atoms in total. The molecular weight excluding hydrogens is 158 g/mol. The molecule has 0 saturated heterocycles. The topological polar surface area (TPSA) is 37.8 Å². The minimum atomic E-state index is 0.653. The van der Waals surface area contributed by atoms with Crippen LogP contribution in [0.1, 0.15) is 12.6 Å². The zero-order valence-electron chi connectivity index (χ0n) is 6.24. The van der Waals surface area contributed by atoms with Crippen LogP contribution in [0.2, 0.25) is 0 Å². The lowest BCUT2D eigenvalue weighted by Crippen LogP contribution is -2.22. The summed E-state index contributed by atoms with van der Waals surface area (Å²) >= 11 is 5.01. The van der Waals surface area contributed by atoms with Gasteiger partial charge in [0.05, 0.1) is 6.20 Å². The number of hydrogen-bond acceptors (Lipinski definition) is 3. The van der Waals surface area contributed by atoms with Gasteiger partial charge >= 0.3 is 0 Å². The van der Waals surface area contributed by atoms with Gasteiger partial charge in [-0.15, -0.1) is 0 Å². The first-order valence-electron chi connectivity index (χ1n) is 3.38. The Balaban J connectivity index is 2.69. The average molecular weight is 167 g/mol. The molecule has 11 heavy (non-hydrogen) atoms. The highest BCUT2D eigenvalue weighted by atomic mass is 32.1. The second-order valence-electron chi connectivity index (χ2n) is 1.95. The standard InChI is InChI=1S/C7H9N3S/c1-2-9-7(11)6-5-8-3-4-10-6/h3-5H,2H2,1H3,(H,9,11). The average Bonchev–Trinajstić information content (AvgIpc) is 2.07. The number of rotatable bonds is 2. The maximum atomic E-state index is 5.01. The van der Waals surface area contributed by atoms with E-state index in [1.807, 2.05) is 6.92 Å². The molecule has 0 fully saturated rings. The Bertz CT molecular complexity index is 235. The molecule has 1 heterocycles. The predicted molar refractivity (Wildman–Crippen MR) is 47.4 cm³/mol. The summed E-state index contributed by atoms with van der Waals surface area (Å²) in [5.74, 6) is 0. The van der Waals surface area contributed by atoms with E-state index in [0.717, 1.165) is 12.2 Å². The van der Waals surface area contributed by atoms with Gasteiger partial charge in [-0.05, 0) is 6.92 Å². The van der Waals surface area contributed by atoms with Crippen molar-refractivity contribution in [2.45, 2.75) is 6.92 Å². The van der Waals surface area contributed by atoms with Gasteiger partial charge in [0.25, 0.3) is 0 Å². The minimum Gasteiger partial charge on any atom is -0.375 e. The summed E-state index contributed by atoms with van der Waals surface area (Å²) in [5.41, 5.74) is 0.726. The summed E-state index contributed by atoms with van der Waals surface area (Å²) in [6.45, 7) is 2.80. The van der Waals surface area contributed by atoms with Crippen LogP contribution in [0.15, 0.2) is 18.6 Å². The van der Waals surface area contributed by atoms with E-state index in [0.29, 0.717) is 4.99 Å².